The van der Waals surface area contributed by atoms with Gasteiger partial charge in [0.2, 0.25) is 0 Å². The van der Waals surface area contributed by atoms with Crippen LogP contribution in [0.5, 0.6) is 0 Å². The summed E-state index contributed by atoms with van der Waals surface area (Å²) < 4.78 is 42.1. The molecule has 5 rings (SSSR count). The Balaban J connectivity index is 1.35. The molecule has 1 amide bonds. The number of carbonyl (C=O) groups excluding carboxylic acids is 1. The minimum Gasteiger partial charge on any atom is -0.367 e. The highest BCUT2D eigenvalue weighted by Crippen LogP contribution is 2.28. The minimum atomic E-state index is -0.986. The number of anilines is 1. The average molecular weight is 480 g/mol. The summed E-state index contributed by atoms with van der Waals surface area (Å²) in [6.45, 7) is 3.53. The maximum atomic E-state index is 13.6. The zero-order chi connectivity index (χ0) is 24.5. The number of hydrogen-bond donors (Lipinski definition) is 1. The van der Waals surface area contributed by atoms with Crippen LogP contribution < -0.4 is 5.32 Å². The van der Waals surface area contributed by atoms with Crippen molar-refractivity contribution in [3.63, 3.8) is 0 Å². The van der Waals surface area contributed by atoms with Crippen molar-refractivity contribution in [1.82, 2.24) is 24.6 Å². The van der Waals surface area contributed by atoms with E-state index in [1.807, 2.05) is 6.92 Å². The Morgan fingerprint density at radius 1 is 1.11 bits per heavy atom. The van der Waals surface area contributed by atoms with Crippen molar-refractivity contribution in [2.45, 2.75) is 32.4 Å². The summed E-state index contributed by atoms with van der Waals surface area (Å²) >= 11 is 0. The van der Waals surface area contributed by atoms with Gasteiger partial charge in [0.1, 0.15) is 11.6 Å². The van der Waals surface area contributed by atoms with E-state index in [-0.39, 0.29) is 28.8 Å². The molecule has 2 aromatic heterocycles. The topological polar surface area (TPSA) is 75.9 Å². The number of likely N-dealkylation sites (tertiary alicyclic amines) is 1. The van der Waals surface area contributed by atoms with Gasteiger partial charge in [-0.2, -0.15) is 5.10 Å². The van der Waals surface area contributed by atoms with E-state index in [1.54, 1.807) is 27.9 Å². The van der Waals surface area contributed by atoms with Crippen molar-refractivity contribution in [1.29, 1.82) is 0 Å². The molecule has 7 nitrogen and oxygen atoms in total. The molecule has 4 aromatic rings. The Kier molecular flexibility index (Phi) is 6.10. The molecule has 1 fully saturated rings. The molecular formula is C25H23F3N6O. The molecule has 1 aliphatic rings. The number of aromatic nitrogens is 4. The van der Waals surface area contributed by atoms with Gasteiger partial charge in [-0.05, 0) is 37.5 Å². The SMILES string of the molecule is CCn1cc(-c2ccc(F)cc2)c(C(=O)N2CCCC2CNc2cnc3cc(F)c(F)cc3n2)n1. The number of nitrogens with zero attached hydrogens (tertiary/aromatic N) is 5. The van der Waals surface area contributed by atoms with Crippen LogP contribution in [-0.2, 0) is 6.54 Å². The number of amides is 1. The van der Waals surface area contributed by atoms with E-state index < -0.39 is 11.6 Å². The smallest absolute Gasteiger partial charge is 0.275 e. The summed E-state index contributed by atoms with van der Waals surface area (Å²) in [6.07, 6.45) is 4.89. The molecular weight excluding hydrogens is 457 g/mol. The molecule has 1 atom stereocenters. The molecule has 1 unspecified atom stereocenters. The first kappa shape index (κ1) is 22.8. The molecule has 0 aliphatic carbocycles. The van der Waals surface area contributed by atoms with Crippen LogP contribution in [0.25, 0.3) is 22.2 Å². The number of hydrogen-bond acceptors (Lipinski definition) is 5. The van der Waals surface area contributed by atoms with Crippen molar-refractivity contribution >= 4 is 22.8 Å². The molecule has 0 saturated carbocycles. The third-order valence-electron chi connectivity index (χ3n) is 6.18. The van der Waals surface area contributed by atoms with Crippen LogP contribution in [0, 0.1) is 17.5 Å². The number of carbonyl (C=O) groups is 1. The van der Waals surface area contributed by atoms with Crippen LogP contribution in [-0.4, -0.2) is 49.7 Å². The Hall–Kier alpha value is -3.95. The van der Waals surface area contributed by atoms with Gasteiger partial charge in [0.05, 0.1) is 17.2 Å². The van der Waals surface area contributed by atoms with E-state index >= 15 is 0 Å². The van der Waals surface area contributed by atoms with Crippen LogP contribution in [0.4, 0.5) is 19.0 Å². The first-order valence-electron chi connectivity index (χ1n) is 11.4. The normalized spacial score (nSPS) is 15.7. The summed E-state index contributed by atoms with van der Waals surface area (Å²) in [6, 6.07) is 7.90. The van der Waals surface area contributed by atoms with Crippen molar-refractivity contribution in [3.05, 3.63) is 71.9 Å². The fourth-order valence-corrected chi connectivity index (χ4v) is 4.35. The zero-order valence-corrected chi connectivity index (χ0v) is 19.0. The van der Waals surface area contributed by atoms with Crippen molar-refractivity contribution in [3.8, 4) is 11.1 Å². The second-order valence-corrected chi connectivity index (χ2v) is 8.44. The second kappa shape index (κ2) is 9.36. The van der Waals surface area contributed by atoms with Gasteiger partial charge in [-0.3, -0.25) is 14.5 Å². The third-order valence-corrected chi connectivity index (χ3v) is 6.18. The fourth-order valence-electron chi connectivity index (χ4n) is 4.35. The predicted molar refractivity (Wildman–Crippen MR) is 125 cm³/mol. The quantitative estimate of drug-likeness (QED) is 0.435. The molecule has 10 heteroatoms. The number of nitrogens with one attached hydrogen (secondary N) is 1. The number of fused-ring (bicyclic) bond motifs is 1. The van der Waals surface area contributed by atoms with Gasteiger partial charge >= 0.3 is 0 Å². The molecule has 0 radical (unpaired) electrons. The van der Waals surface area contributed by atoms with Crippen molar-refractivity contribution in [2.75, 3.05) is 18.4 Å². The number of aryl methyl sites for hydroxylation is 1. The van der Waals surface area contributed by atoms with Crippen molar-refractivity contribution in [2.24, 2.45) is 0 Å². The lowest BCUT2D eigenvalue weighted by Gasteiger charge is -2.25. The van der Waals surface area contributed by atoms with E-state index in [9.17, 15) is 18.0 Å². The molecule has 0 bridgehead atoms. The van der Waals surface area contributed by atoms with Gasteiger partial charge < -0.3 is 10.2 Å². The van der Waals surface area contributed by atoms with E-state index in [0.29, 0.717) is 36.7 Å². The highest BCUT2D eigenvalue weighted by Gasteiger charge is 2.32. The Morgan fingerprint density at radius 3 is 2.60 bits per heavy atom. The predicted octanol–water partition coefficient (Wildman–Crippen LogP) is 4.65. The Bertz CT molecular complexity index is 1390. The minimum absolute atomic E-state index is 0.113. The van der Waals surface area contributed by atoms with E-state index in [2.05, 4.69) is 20.4 Å². The highest BCUT2D eigenvalue weighted by molar-refractivity contribution is 5.99. The summed E-state index contributed by atoms with van der Waals surface area (Å²) in [5.41, 5.74) is 2.20. The largest absolute Gasteiger partial charge is 0.367 e. The van der Waals surface area contributed by atoms with Gasteiger partial charge in [-0.25, -0.2) is 18.2 Å². The van der Waals surface area contributed by atoms with Gasteiger partial charge in [-0.1, -0.05) is 12.1 Å². The van der Waals surface area contributed by atoms with Gasteiger partial charge in [0, 0.05) is 49.6 Å². The second-order valence-electron chi connectivity index (χ2n) is 8.44. The lowest BCUT2D eigenvalue weighted by atomic mass is 10.1. The Labute approximate surface area is 199 Å². The van der Waals surface area contributed by atoms with E-state index in [1.165, 1.54) is 18.3 Å². The van der Waals surface area contributed by atoms with Crippen LogP contribution >= 0.6 is 0 Å². The van der Waals surface area contributed by atoms with E-state index in [4.69, 9.17) is 0 Å². The standard InChI is InChI=1S/C25H23F3N6O/c1-2-33-14-18(15-5-7-16(26)8-6-15)24(32-33)25(35)34-9-3-4-17(34)12-30-23-13-29-21-10-19(27)20(28)11-22(21)31-23/h5-8,10-11,13-14,17H,2-4,9,12H2,1H3,(H,30,31). The molecule has 1 N–H and O–H groups in total. The summed E-state index contributed by atoms with van der Waals surface area (Å²) in [5, 5.41) is 7.66. The first-order chi connectivity index (χ1) is 16.9. The van der Waals surface area contributed by atoms with Gasteiger partial charge in [0.25, 0.3) is 5.91 Å². The molecule has 1 aliphatic heterocycles. The maximum absolute atomic E-state index is 13.6. The molecule has 0 spiro atoms. The highest BCUT2D eigenvalue weighted by atomic mass is 19.2. The maximum Gasteiger partial charge on any atom is 0.275 e. The monoisotopic (exact) mass is 480 g/mol. The lowest BCUT2D eigenvalue weighted by Crippen LogP contribution is -2.40. The lowest BCUT2D eigenvalue weighted by molar-refractivity contribution is 0.0737. The molecule has 2 aromatic carbocycles. The van der Waals surface area contributed by atoms with Crippen LogP contribution in [0.3, 0.4) is 0 Å². The summed E-state index contributed by atoms with van der Waals surface area (Å²) in [7, 11) is 0. The third kappa shape index (κ3) is 4.55. The molecule has 180 valence electrons. The van der Waals surface area contributed by atoms with Crippen LogP contribution in [0.1, 0.15) is 30.3 Å². The number of rotatable bonds is 6. The van der Waals surface area contributed by atoms with Crippen LogP contribution in [0.15, 0.2) is 48.8 Å². The zero-order valence-electron chi connectivity index (χ0n) is 19.0. The first-order valence-corrected chi connectivity index (χ1v) is 11.4. The number of halogens is 3. The fraction of sp³-hybridized carbons (Fsp3) is 0.280. The summed E-state index contributed by atoms with van der Waals surface area (Å²) in [4.78, 5) is 23.8. The Morgan fingerprint density at radius 2 is 1.86 bits per heavy atom. The molecule has 35 heavy (non-hydrogen) atoms. The van der Waals surface area contributed by atoms with Crippen LogP contribution in [0.2, 0.25) is 0 Å². The number of benzene rings is 2. The van der Waals surface area contributed by atoms with Gasteiger partial charge in [-0.15, -0.1) is 0 Å². The van der Waals surface area contributed by atoms with Crippen molar-refractivity contribution < 1.29 is 18.0 Å². The molecule has 1 saturated heterocycles. The molecule has 3 heterocycles. The van der Waals surface area contributed by atoms with Gasteiger partial charge in [0.15, 0.2) is 17.3 Å². The van der Waals surface area contributed by atoms with E-state index in [0.717, 1.165) is 30.5 Å². The average Bonchev–Trinajstić information content (AvgIpc) is 3.51. The summed E-state index contributed by atoms with van der Waals surface area (Å²) in [5.74, 6) is -2.09.